The highest BCUT2D eigenvalue weighted by molar-refractivity contribution is 6.21. The molecule has 0 saturated heterocycles. The van der Waals surface area contributed by atoms with E-state index in [-0.39, 0.29) is 0 Å². The number of benzene rings is 9. The third-order valence-corrected chi connectivity index (χ3v) is 10.5. The molecule has 3 nitrogen and oxygen atoms in total. The second kappa shape index (κ2) is 10.8. The maximum Gasteiger partial charge on any atom is 0.137 e. The van der Waals surface area contributed by atoms with Gasteiger partial charge in [0.15, 0.2) is 0 Å². The van der Waals surface area contributed by atoms with Gasteiger partial charge in [0.2, 0.25) is 0 Å². The molecule has 0 amide bonds. The van der Waals surface area contributed by atoms with Crippen LogP contribution < -0.4 is 4.90 Å². The van der Waals surface area contributed by atoms with E-state index in [0.29, 0.717) is 0 Å². The highest BCUT2D eigenvalue weighted by atomic mass is 16.3. The second-order valence-electron chi connectivity index (χ2n) is 13.3. The predicted molar refractivity (Wildman–Crippen MR) is 215 cm³/mol. The molecule has 3 heteroatoms. The summed E-state index contributed by atoms with van der Waals surface area (Å²) in [6, 6.07) is 65.6. The number of rotatable bonds is 4. The molecule has 2 aromatic heterocycles. The zero-order chi connectivity index (χ0) is 33.5. The minimum absolute atomic E-state index is 0.873. The van der Waals surface area contributed by atoms with Crippen molar-refractivity contribution in [2.75, 3.05) is 4.90 Å². The SMILES string of the molecule is c1ccc2c(c1)ccc1ccc3ccc(N(c4ccc(-n5c6ccccc6c6ccccc65)cc4)c4cccc5oc6ccccc6c45)cc3c12. The van der Waals surface area contributed by atoms with E-state index in [1.807, 2.05) is 6.07 Å². The van der Waals surface area contributed by atoms with E-state index < -0.39 is 0 Å². The maximum absolute atomic E-state index is 6.41. The zero-order valence-electron chi connectivity index (χ0n) is 27.6. The Balaban J connectivity index is 1.17. The third kappa shape index (κ3) is 4.19. The molecule has 0 radical (unpaired) electrons. The van der Waals surface area contributed by atoms with Gasteiger partial charge in [-0.25, -0.2) is 0 Å². The Kier molecular flexibility index (Phi) is 5.96. The van der Waals surface area contributed by atoms with Crippen molar-refractivity contribution in [2.45, 2.75) is 0 Å². The van der Waals surface area contributed by atoms with Crippen LogP contribution in [0.1, 0.15) is 0 Å². The number of anilines is 3. The van der Waals surface area contributed by atoms with E-state index >= 15 is 0 Å². The molecule has 0 aliphatic carbocycles. The standard InChI is InChI=1S/C48H30N2O/c1-2-11-37-31(10-1)20-22-33-23-21-32-24-25-36(30-41(32)47(33)37)49(44-17-9-19-46-48(44)40-14-5-8-18-45(40)51-46)34-26-28-35(29-27-34)50-42-15-6-3-12-38(42)39-13-4-7-16-43(39)50/h1-30H. The van der Waals surface area contributed by atoms with Crippen molar-refractivity contribution >= 4 is 93.1 Å². The topological polar surface area (TPSA) is 21.3 Å². The van der Waals surface area contributed by atoms with Crippen LogP contribution in [0.3, 0.4) is 0 Å². The number of nitrogens with zero attached hydrogens (tertiary/aromatic N) is 2. The molecule has 0 aliphatic rings. The van der Waals surface area contributed by atoms with Gasteiger partial charge in [0.1, 0.15) is 11.2 Å². The molecule has 0 atom stereocenters. The number of para-hydroxylation sites is 3. The smallest absolute Gasteiger partial charge is 0.137 e. The molecule has 0 fully saturated rings. The van der Waals surface area contributed by atoms with Crippen LogP contribution in [0.15, 0.2) is 186 Å². The molecule has 2 heterocycles. The summed E-state index contributed by atoms with van der Waals surface area (Å²) >= 11 is 0. The van der Waals surface area contributed by atoms with E-state index in [2.05, 4.69) is 185 Å². The molecule has 0 unspecified atom stereocenters. The van der Waals surface area contributed by atoms with Crippen molar-refractivity contribution < 1.29 is 4.42 Å². The second-order valence-corrected chi connectivity index (χ2v) is 13.3. The lowest BCUT2D eigenvalue weighted by Crippen LogP contribution is -2.10. The maximum atomic E-state index is 6.41. The molecule has 11 rings (SSSR count). The van der Waals surface area contributed by atoms with Gasteiger partial charge in [0.25, 0.3) is 0 Å². The normalized spacial score (nSPS) is 11.9. The zero-order valence-corrected chi connectivity index (χ0v) is 27.6. The number of aromatic nitrogens is 1. The predicted octanol–water partition coefficient (Wildman–Crippen LogP) is 13.6. The largest absolute Gasteiger partial charge is 0.456 e. The quantitative estimate of drug-likeness (QED) is 0.177. The summed E-state index contributed by atoms with van der Waals surface area (Å²) in [6.45, 7) is 0. The van der Waals surface area contributed by atoms with Crippen LogP contribution in [0.5, 0.6) is 0 Å². The van der Waals surface area contributed by atoms with Gasteiger partial charge in [-0.05, 0) is 99.0 Å². The van der Waals surface area contributed by atoms with Crippen LogP contribution in [0.25, 0.3) is 81.7 Å². The van der Waals surface area contributed by atoms with Crippen molar-refractivity contribution in [3.05, 3.63) is 182 Å². The Morgan fingerprint density at radius 3 is 1.71 bits per heavy atom. The van der Waals surface area contributed by atoms with E-state index in [4.69, 9.17) is 4.42 Å². The fourth-order valence-electron chi connectivity index (χ4n) is 8.27. The Morgan fingerprint density at radius 1 is 0.373 bits per heavy atom. The van der Waals surface area contributed by atoms with E-state index in [1.165, 1.54) is 54.1 Å². The fourth-order valence-corrected chi connectivity index (χ4v) is 8.27. The first-order chi connectivity index (χ1) is 25.3. The summed E-state index contributed by atoms with van der Waals surface area (Å²) in [5.74, 6) is 0. The summed E-state index contributed by atoms with van der Waals surface area (Å²) in [5, 5.41) is 12.2. The molecule has 9 aromatic carbocycles. The monoisotopic (exact) mass is 650 g/mol. The molecule has 51 heavy (non-hydrogen) atoms. The van der Waals surface area contributed by atoms with Gasteiger partial charge in [-0.2, -0.15) is 0 Å². The first-order valence-corrected chi connectivity index (χ1v) is 17.4. The van der Waals surface area contributed by atoms with Crippen LogP contribution in [-0.2, 0) is 0 Å². The lowest BCUT2D eigenvalue weighted by molar-refractivity contribution is 0.669. The molecule has 0 aliphatic heterocycles. The Morgan fingerprint density at radius 2 is 0.941 bits per heavy atom. The summed E-state index contributed by atoms with van der Waals surface area (Å²) in [5.41, 5.74) is 8.52. The number of fused-ring (bicyclic) bond motifs is 11. The van der Waals surface area contributed by atoms with Gasteiger partial charge >= 0.3 is 0 Å². The Hall–Kier alpha value is -6.84. The highest BCUT2D eigenvalue weighted by Crippen LogP contribution is 2.45. The third-order valence-electron chi connectivity index (χ3n) is 10.5. The Bertz CT molecular complexity index is 3090. The lowest BCUT2D eigenvalue weighted by atomic mass is 9.96. The van der Waals surface area contributed by atoms with Crippen LogP contribution in [0.2, 0.25) is 0 Å². The minimum atomic E-state index is 0.873. The Labute approximate surface area is 293 Å². The van der Waals surface area contributed by atoms with Gasteiger partial charge < -0.3 is 13.9 Å². The molecular formula is C48H30N2O. The van der Waals surface area contributed by atoms with E-state index in [1.54, 1.807) is 0 Å². The van der Waals surface area contributed by atoms with Crippen molar-refractivity contribution in [3.63, 3.8) is 0 Å². The number of furan rings is 1. The molecule has 11 aromatic rings. The molecule has 0 N–H and O–H groups in total. The molecule has 0 saturated carbocycles. The van der Waals surface area contributed by atoms with Crippen molar-refractivity contribution in [1.29, 1.82) is 0 Å². The van der Waals surface area contributed by atoms with E-state index in [0.717, 1.165) is 44.7 Å². The van der Waals surface area contributed by atoms with Gasteiger partial charge in [-0.1, -0.05) is 115 Å². The average molecular weight is 651 g/mol. The highest BCUT2D eigenvalue weighted by Gasteiger charge is 2.21. The molecule has 0 spiro atoms. The van der Waals surface area contributed by atoms with Crippen LogP contribution in [0, 0.1) is 0 Å². The van der Waals surface area contributed by atoms with Crippen molar-refractivity contribution in [1.82, 2.24) is 4.57 Å². The fraction of sp³-hybridized carbons (Fsp3) is 0. The van der Waals surface area contributed by atoms with Crippen LogP contribution in [-0.4, -0.2) is 4.57 Å². The van der Waals surface area contributed by atoms with Gasteiger partial charge in [-0.15, -0.1) is 0 Å². The number of hydrogen-bond acceptors (Lipinski definition) is 2. The van der Waals surface area contributed by atoms with Gasteiger partial charge in [0, 0.05) is 33.2 Å². The molecule has 238 valence electrons. The van der Waals surface area contributed by atoms with Crippen LogP contribution in [0.4, 0.5) is 17.1 Å². The summed E-state index contributed by atoms with van der Waals surface area (Å²) < 4.78 is 8.78. The average Bonchev–Trinajstić information content (AvgIpc) is 3.74. The number of hydrogen-bond donors (Lipinski definition) is 0. The minimum Gasteiger partial charge on any atom is -0.456 e. The first-order valence-electron chi connectivity index (χ1n) is 17.4. The summed E-state index contributed by atoms with van der Waals surface area (Å²) in [6.07, 6.45) is 0. The summed E-state index contributed by atoms with van der Waals surface area (Å²) in [4.78, 5) is 2.39. The van der Waals surface area contributed by atoms with Crippen molar-refractivity contribution in [3.8, 4) is 5.69 Å². The van der Waals surface area contributed by atoms with Crippen LogP contribution >= 0.6 is 0 Å². The first kappa shape index (κ1) is 28.0. The van der Waals surface area contributed by atoms with Gasteiger partial charge in [-0.3, -0.25) is 0 Å². The summed E-state index contributed by atoms with van der Waals surface area (Å²) in [7, 11) is 0. The lowest BCUT2D eigenvalue weighted by Gasteiger charge is -2.27. The van der Waals surface area contributed by atoms with Crippen molar-refractivity contribution in [2.24, 2.45) is 0 Å². The van der Waals surface area contributed by atoms with Gasteiger partial charge in [0.05, 0.1) is 22.1 Å². The van der Waals surface area contributed by atoms with E-state index in [9.17, 15) is 0 Å². The molecular weight excluding hydrogens is 621 g/mol. The molecule has 0 bridgehead atoms.